The van der Waals surface area contributed by atoms with E-state index < -0.39 is 30.8 Å². The van der Waals surface area contributed by atoms with Crippen LogP contribution in [-0.4, -0.2) is 24.7 Å². The molecule has 0 N–H and O–H groups in total. The highest BCUT2D eigenvalue weighted by molar-refractivity contribution is 4.88. The van der Waals surface area contributed by atoms with Gasteiger partial charge in [0.05, 0.1) is 0 Å². The summed E-state index contributed by atoms with van der Waals surface area (Å²) in [4.78, 5) is 0. The van der Waals surface area contributed by atoms with Gasteiger partial charge in [-0.3, -0.25) is 0 Å². The van der Waals surface area contributed by atoms with E-state index in [9.17, 15) is 30.7 Å². The molecule has 0 heterocycles. The standard InChI is InChI=1S/C7H7F7O2/c1-3-15-5(9,6(10,11)12)7(13,14)16-4(2)8/h2-3H2,1H3. The number of hydrogen-bond donors (Lipinski definition) is 0. The van der Waals surface area contributed by atoms with E-state index in [0.29, 0.717) is 0 Å². The van der Waals surface area contributed by atoms with Crippen molar-refractivity contribution in [2.45, 2.75) is 25.1 Å². The number of rotatable bonds is 5. The van der Waals surface area contributed by atoms with Crippen LogP contribution in [0, 0.1) is 0 Å². The molecule has 2 nitrogen and oxygen atoms in total. The molecular weight excluding hydrogens is 249 g/mol. The smallest absolute Gasteiger partial charge is 0.402 e. The zero-order chi connectivity index (χ0) is 13.2. The quantitative estimate of drug-likeness (QED) is 0.555. The lowest BCUT2D eigenvalue weighted by Gasteiger charge is -2.32. The Labute approximate surface area is 85.6 Å². The molecule has 0 bridgehead atoms. The molecule has 0 aromatic heterocycles. The molecule has 1 unspecified atom stereocenters. The first-order chi connectivity index (χ1) is 6.98. The molecule has 0 saturated heterocycles. The van der Waals surface area contributed by atoms with Crippen molar-refractivity contribution in [3.8, 4) is 0 Å². The van der Waals surface area contributed by atoms with Gasteiger partial charge in [-0.1, -0.05) is 0 Å². The Morgan fingerprint density at radius 3 is 1.81 bits per heavy atom. The van der Waals surface area contributed by atoms with E-state index in [0.717, 1.165) is 6.92 Å². The largest absolute Gasteiger partial charge is 0.471 e. The van der Waals surface area contributed by atoms with Crippen molar-refractivity contribution < 1.29 is 40.2 Å². The monoisotopic (exact) mass is 256 g/mol. The average molecular weight is 256 g/mol. The van der Waals surface area contributed by atoms with E-state index in [-0.39, 0.29) is 0 Å². The summed E-state index contributed by atoms with van der Waals surface area (Å²) in [6.45, 7) is 1.97. The van der Waals surface area contributed by atoms with Crippen molar-refractivity contribution >= 4 is 0 Å². The van der Waals surface area contributed by atoms with Crippen molar-refractivity contribution in [3.05, 3.63) is 12.6 Å². The van der Waals surface area contributed by atoms with Gasteiger partial charge in [-0.2, -0.15) is 30.7 Å². The lowest BCUT2D eigenvalue weighted by molar-refractivity contribution is -0.453. The predicted molar refractivity (Wildman–Crippen MR) is 37.8 cm³/mol. The summed E-state index contributed by atoms with van der Waals surface area (Å²) in [7, 11) is 0. The third kappa shape index (κ3) is 2.77. The Kier molecular flexibility index (Phi) is 4.20. The molecule has 0 aliphatic rings. The van der Waals surface area contributed by atoms with E-state index >= 15 is 0 Å². The summed E-state index contributed by atoms with van der Waals surface area (Å²) in [5.41, 5.74) is 0. The summed E-state index contributed by atoms with van der Waals surface area (Å²) in [5.74, 6) is -5.44. The van der Waals surface area contributed by atoms with Gasteiger partial charge in [-0.05, 0) is 13.5 Å². The van der Waals surface area contributed by atoms with Crippen LogP contribution in [0.3, 0.4) is 0 Å². The highest BCUT2D eigenvalue weighted by Gasteiger charge is 2.75. The molecule has 0 aliphatic carbocycles. The first-order valence-electron chi connectivity index (χ1n) is 3.78. The molecule has 0 rings (SSSR count). The van der Waals surface area contributed by atoms with E-state index in [1.807, 2.05) is 0 Å². The molecule has 0 fully saturated rings. The SMILES string of the molecule is C=C(F)OC(F)(F)C(F)(OCC)C(F)(F)F. The van der Waals surface area contributed by atoms with Gasteiger partial charge in [0, 0.05) is 6.61 Å². The zero-order valence-electron chi connectivity index (χ0n) is 7.88. The molecule has 0 amide bonds. The number of hydrogen-bond acceptors (Lipinski definition) is 2. The van der Waals surface area contributed by atoms with Crippen LogP contribution in [0.2, 0.25) is 0 Å². The number of ether oxygens (including phenoxy) is 2. The summed E-state index contributed by atoms with van der Waals surface area (Å²) in [6, 6.07) is -2.27. The second kappa shape index (κ2) is 4.48. The van der Waals surface area contributed by atoms with Crippen molar-refractivity contribution in [2.75, 3.05) is 6.61 Å². The van der Waals surface area contributed by atoms with E-state index in [1.165, 1.54) is 0 Å². The molecule has 9 heteroatoms. The maximum atomic E-state index is 13.0. The molecule has 1 atom stereocenters. The molecule has 96 valence electrons. The first-order valence-corrected chi connectivity index (χ1v) is 3.78. The Morgan fingerprint density at radius 1 is 1.12 bits per heavy atom. The second-order valence-corrected chi connectivity index (χ2v) is 2.50. The van der Waals surface area contributed by atoms with Gasteiger partial charge in [-0.15, -0.1) is 0 Å². The average Bonchev–Trinajstić information content (AvgIpc) is 1.99. The van der Waals surface area contributed by atoms with E-state index in [2.05, 4.69) is 16.1 Å². The third-order valence-corrected chi connectivity index (χ3v) is 1.32. The minimum absolute atomic E-state index is 0.848. The van der Waals surface area contributed by atoms with E-state index in [4.69, 9.17) is 0 Å². The van der Waals surface area contributed by atoms with Crippen molar-refractivity contribution in [1.29, 1.82) is 0 Å². The summed E-state index contributed by atoms with van der Waals surface area (Å²) < 4.78 is 92.3. The molecule has 0 aliphatic heterocycles. The van der Waals surface area contributed by atoms with Gasteiger partial charge in [-0.25, -0.2) is 0 Å². The molecule has 16 heavy (non-hydrogen) atoms. The number of alkyl halides is 6. The van der Waals surface area contributed by atoms with Crippen LogP contribution in [0.15, 0.2) is 12.6 Å². The van der Waals surface area contributed by atoms with Crippen molar-refractivity contribution in [1.82, 2.24) is 0 Å². The molecule has 0 aromatic rings. The molecular formula is C7H7F7O2. The fourth-order valence-corrected chi connectivity index (χ4v) is 0.734. The maximum Gasteiger partial charge on any atom is 0.471 e. The first kappa shape index (κ1) is 15.0. The fraction of sp³-hybridized carbons (Fsp3) is 0.714. The molecule has 0 saturated carbocycles. The summed E-state index contributed by atoms with van der Waals surface area (Å²) in [6.07, 6.45) is -11.7. The van der Waals surface area contributed by atoms with Gasteiger partial charge in [0.25, 0.3) is 6.01 Å². The van der Waals surface area contributed by atoms with Crippen LogP contribution in [0.5, 0.6) is 0 Å². The third-order valence-electron chi connectivity index (χ3n) is 1.32. The van der Waals surface area contributed by atoms with Crippen LogP contribution < -0.4 is 0 Å². The minimum atomic E-state index is -6.10. The molecule has 0 spiro atoms. The Balaban J connectivity index is 5.26. The number of halogens is 7. The van der Waals surface area contributed by atoms with Gasteiger partial charge in [0.15, 0.2) is 0 Å². The van der Waals surface area contributed by atoms with Crippen LogP contribution in [0.25, 0.3) is 0 Å². The maximum absolute atomic E-state index is 13.0. The van der Waals surface area contributed by atoms with Crippen LogP contribution in [-0.2, 0) is 9.47 Å². The Morgan fingerprint density at radius 2 is 1.56 bits per heavy atom. The summed E-state index contributed by atoms with van der Waals surface area (Å²) >= 11 is 0. The highest BCUT2D eigenvalue weighted by Crippen LogP contribution is 2.47. The van der Waals surface area contributed by atoms with Gasteiger partial charge >= 0.3 is 18.1 Å². The fourth-order valence-electron chi connectivity index (χ4n) is 0.734. The molecule has 0 radical (unpaired) electrons. The van der Waals surface area contributed by atoms with E-state index in [1.54, 1.807) is 0 Å². The van der Waals surface area contributed by atoms with Crippen LogP contribution in [0.1, 0.15) is 6.92 Å². The predicted octanol–water partition coefficient (Wildman–Crippen LogP) is 3.30. The van der Waals surface area contributed by atoms with Gasteiger partial charge < -0.3 is 9.47 Å². The Bertz CT molecular complexity index is 262. The normalized spacial score (nSPS) is 16.8. The molecule has 0 aromatic carbocycles. The zero-order valence-corrected chi connectivity index (χ0v) is 7.88. The van der Waals surface area contributed by atoms with Crippen molar-refractivity contribution in [2.24, 2.45) is 0 Å². The van der Waals surface area contributed by atoms with Gasteiger partial charge in [0.1, 0.15) is 0 Å². The van der Waals surface area contributed by atoms with Gasteiger partial charge in [0.2, 0.25) is 0 Å². The van der Waals surface area contributed by atoms with Crippen LogP contribution >= 0.6 is 0 Å². The highest BCUT2D eigenvalue weighted by atomic mass is 19.4. The van der Waals surface area contributed by atoms with Crippen LogP contribution in [0.4, 0.5) is 30.7 Å². The Hall–Kier alpha value is -0.990. The minimum Gasteiger partial charge on any atom is -0.402 e. The topological polar surface area (TPSA) is 18.5 Å². The lowest BCUT2D eigenvalue weighted by atomic mass is 10.2. The van der Waals surface area contributed by atoms with Crippen molar-refractivity contribution in [3.63, 3.8) is 0 Å². The summed E-state index contributed by atoms with van der Waals surface area (Å²) in [5, 5.41) is 0. The lowest BCUT2D eigenvalue weighted by Crippen LogP contribution is -2.58. The second-order valence-electron chi connectivity index (χ2n) is 2.50.